The van der Waals surface area contributed by atoms with Crippen molar-refractivity contribution in [2.24, 2.45) is 5.73 Å². The fraction of sp³-hybridized carbons (Fsp3) is 0.333. The van der Waals surface area contributed by atoms with Crippen LogP contribution in [0.1, 0.15) is 34.5 Å². The third-order valence-corrected chi connectivity index (χ3v) is 4.81. The second-order valence-electron chi connectivity index (χ2n) is 4.55. The van der Waals surface area contributed by atoms with Gasteiger partial charge in [0.05, 0.1) is 17.7 Å². The van der Waals surface area contributed by atoms with E-state index in [1.807, 2.05) is 38.3 Å². The summed E-state index contributed by atoms with van der Waals surface area (Å²) in [7, 11) is 0. The minimum absolute atomic E-state index is 0.243. The van der Waals surface area contributed by atoms with Gasteiger partial charge in [-0.3, -0.25) is 0 Å². The van der Waals surface area contributed by atoms with Crippen molar-refractivity contribution in [2.75, 3.05) is 6.61 Å². The van der Waals surface area contributed by atoms with Crippen LogP contribution >= 0.6 is 22.9 Å². The van der Waals surface area contributed by atoms with Crippen LogP contribution in [0.2, 0.25) is 5.02 Å². The average Bonchev–Trinajstić information content (AvgIpc) is 2.72. The molecule has 2 rings (SSSR count). The molecule has 102 valence electrons. The monoisotopic (exact) mass is 295 g/mol. The Balaban J connectivity index is 2.45. The van der Waals surface area contributed by atoms with Gasteiger partial charge in [0, 0.05) is 10.4 Å². The number of nitrogens with two attached hydrogens (primary N) is 1. The summed E-state index contributed by atoms with van der Waals surface area (Å²) in [6, 6.07) is 5.83. The number of hydrogen-bond donors (Lipinski definition) is 1. The lowest BCUT2D eigenvalue weighted by atomic mass is 10.0. The number of halogens is 1. The predicted molar refractivity (Wildman–Crippen MR) is 82.4 cm³/mol. The highest BCUT2D eigenvalue weighted by Crippen LogP contribution is 2.37. The third kappa shape index (κ3) is 2.94. The summed E-state index contributed by atoms with van der Waals surface area (Å²) in [4.78, 5) is 0.991. The van der Waals surface area contributed by atoms with E-state index in [1.165, 1.54) is 5.56 Å². The van der Waals surface area contributed by atoms with Gasteiger partial charge in [-0.25, -0.2) is 0 Å². The molecule has 0 amide bonds. The van der Waals surface area contributed by atoms with E-state index in [4.69, 9.17) is 22.1 Å². The van der Waals surface area contributed by atoms with Crippen molar-refractivity contribution < 1.29 is 4.74 Å². The molecular formula is C15H18ClNOS. The van der Waals surface area contributed by atoms with Gasteiger partial charge >= 0.3 is 0 Å². The Kier molecular flexibility index (Phi) is 4.50. The molecule has 2 aromatic rings. The smallest absolute Gasteiger partial charge is 0.124 e. The Morgan fingerprint density at radius 1 is 1.37 bits per heavy atom. The predicted octanol–water partition coefficient (Wildman–Crippen LogP) is 4.47. The number of ether oxygens (including phenoxy) is 1. The molecule has 0 fully saturated rings. The molecule has 0 aliphatic heterocycles. The number of hydrogen-bond acceptors (Lipinski definition) is 3. The largest absolute Gasteiger partial charge is 0.494 e. The quantitative estimate of drug-likeness (QED) is 0.903. The SMILES string of the molecule is CCOc1ccc(C)cc1C(N)c1scc(C)c1Cl. The van der Waals surface area contributed by atoms with Crippen molar-refractivity contribution in [3.05, 3.63) is 50.2 Å². The lowest BCUT2D eigenvalue weighted by Gasteiger charge is -2.17. The van der Waals surface area contributed by atoms with Crippen LogP contribution in [0.5, 0.6) is 5.75 Å². The first kappa shape index (κ1) is 14.4. The molecule has 0 spiro atoms. The van der Waals surface area contributed by atoms with Gasteiger partial charge < -0.3 is 10.5 Å². The van der Waals surface area contributed by atoms with Crippen LogP contribution < -0.4 is 10.5 Å². The summed E-state index contributed by atoms with van der Waals surface area (Å²) < 4.78 is 5.66. The summed E-state index contributed by atoms with van der Waals surface area (Å²) in [6.45, 7) is 6.64. The molecule has 1 aromatic carbocycles. The summed E-state index contributed by atoms with van der Waals surface area (Å²) in [6.07, 6.45) is 0. The van der Waals surface area contributed by atoms with Crippen molar-refractivity contribution in [3.63, 3.8) is 0 Å². The van der Waals surface area contributed by atoms with Crippen LogP contribution in [0.3, 0.4) is 0 Å². The second-order valence-corrected chi connectivity index (χ2v) is 5.84. The Hall–Kier alpha value is -1.03. The Bertz CT molecular complexity index is 580. The summed E-state index contributed by atoms with van der Waals surface area (Å²) in [5.41, 5.74) is 9.60. The van der Waals surface area contributed by atoms with Crippen molar-refractivity contribution in [1.82, 2.24) is 0 Å². The van der Waals surface area contributed by atoms with Crippen LogP contribution in [0, 0.1) is 13.8 Å². The van der Waals surface area contributed by atoms with Crippen molar-refractivity contribution in [3.8, 4) is 5.75 Å². The van der Waals surface area contributed by atoms with E-state index in [2.05, 4.69) is 6.07 Å². The van der Waals surface area contributed by atoms with Gasteiger partial charge in [-0.2, -0.15) is 0 Å². The molecule has 1 heterocycles. The van der Waals surface area contributed by atoms with Gasteiger partial charge in [0.15, 0.2) is 0 Å². The molecule has 0 radical (unpaired) electrons. The minimum Gasteiger partial charge on any atom is -0.494 e. The standard InChI is InChI=1S/C15H18ClNOS/c1-4-18-12-6-5-9(2)7-11(12)14(17)15-13(16)10(3)8-19-15/h5-8,14H,4,17H2,1-3H3. The summed E-state index contributed by atoms with van der Waals surface area (Å²) in [5, 5.41) is 2.80. The lowest BCUT2D eigenvalue weighted by Crippen LogP contribution is -2.13. The van der Waals surface area contributed by atoms with Gasteiger partial charge in [-0.1, -0.05) is 29.3 Å². The number of aryl methyl sites for hydroxylation is 2. The topological polar surface area (TPSA) is 35.2 Å². The van der Waals surface area contributed by atoms with E-state index < -0.39 is 0 Å². The number of benzene rings is 1. The van der Waals surface area contributed by atoms with Gasteiger partial charge in [0.2, 0.25) is 0 Å². The molecule has 1 aromatic heterocycles. The zero-order valence-corrected chi connectivity index (χ0v) is 12.9. The average molecular weight is 296 g/mol. The molecule has 1 unspecified atom stereocenters. The van der Waals surface area contributed by atoms with Crippen LogP contribution in [-0.4, -0.2) is 6.61 Å². The number of rotatable bonds is 4. The fourth-order valence-electron chi connectivity index (χ4n) is 2.00. The third-order valence-electron chi connectivity index (χ3n) is 3.01. The van der Waals surface area contributed by atoms with Crippen LogP contribution in [0.4, 0.5) is 0 Å². The van der Waals surface area contributed by atoms with E-state index >= 15 is 0 Å². The van der Waals surface area contributed by atoms with Crippen LogP contribution in [-0.2, 0) is 0 Å². The molecule has 0 saturated carbocycles. The Morgan fingerprint density at radius 3 is 2.68 bits per heavy atom. The highest BCUT2D eigenvalue weighted by atomic mass is 35.5. The normalized spacial score (nSPS) is 12.5. The van der Waals surface area contributed by atoms with Gasteiger partial charge in [-0.15, -0.1) is 11.3 Å². The van der Waals surface area contributed by atoms with Gasteiger partial charge in [0.1, 0.15) is 5.75 Å². The van der Waals surface area contributed by atoms with E-state index in [-0.39, 0.29) is 6.04 Å². The van der Waals surface area contributed by atoms with Crippen LogP contribution in [0.25, 0.3) is 0 Å². The van der Waals surface area contributed by atoms with E-state index in [9.17, 15) is 0 Å². The lowest BCUT2D eigenvalue weighted by molar-refractivity contribution is 0.335. The first-order valence-corrected chi connectivity index (χ1v) is 7.52. The molecule has 4 heteroatoms. The molecule has 0 bridgehead atoms. The first-order valence-electron chi connectivity index (χ1n) is 6.27. The van der Waals surface area contributed by atoms with Crippen molar-refractivity contribution in [2.45, 2.75) is 26.8 Å². The second kappa shape index (κ2) is 5.95. The Morgan fingerprint density at radius 2 is 2.11 bits per heavy atom. The highest BCUT2D eigenvalue weighted by molar-refractivity contribution is 7.10. The van der Waals surface area contributed by atoms with Gasteiger partial charge in [-0.05, 0) is 37.8 Å². The van der Waals surface area contributed by atoms with E-state index in [0.717, 1.165) is 26.8 Å². The molecule has 0 saturated heterocycles. The van der Waals surface area contributed by atoms with Crippen LogP contribution in [0.15, 0.2) is 23.6 Å². The molecule has 2 N–H and O–H groups in total. The maximum atomic E-state index is 6.38. The maximum absolute atomic E-state index is 6.38. The zero-order valence-electron chi connectivity index (χ0n) is 11.4. The molecule has 0 aliphatic rings. The van der Waals surface area contributed by atoms with Crippen molar-refractivity contribution in [1.29, 1.82) is 0 Å². The summed E-state index contributed by atoms with van der Waals surface area (Å²) in [5.74, 6) is 0.836. The first-order chi connectivity index (χ1) is 9.04. The highest BCUT2D eigenvalue weighted by Gasteiger charge is 2.19. The summed E-state index contributed by atoms with van der Waals surface area (Å²) >= 11 is 7.91. The molecule has 19 heavy (non-hydrogen) atoms. The zero-order chi connectivity index (χ0) is 14.0. The maximum Gasteiger partial charge on any atom is 0.124 e. The van der Waals surface area contributed by atoms with E-state index in [0.29, 0.717) is 6.61 Å². The van der Waals surface area contributed by atoms with Crippen molar-refractivity contribution >= 4 is 22.9 Å². The minimum atomic E-state index is -0.243. The number of thiophene rings is 1. The molecule has 1 atom stereocenters. The molecule has 0 aliphatic carbocycles. The Labute approximate surface area is 123 Å². The fourth-order valence-corrected chi connectivity index (χ4v) is 3.33. The molecular weight excluding hydrogens is 278 g/mol. The molecule has 2 nitrogen and oxygen atoms in total. The van der Waals surface area contributed by atoms with E-state index in [1.54, 1.807) is 11.3 Å². The van der Waals surface area contributed by atoms with Gasteiger partial charge in [0.25, 0.3) is 0 Å².